The van der Waals surface area contributed by atoms with Crippen LogP contribution in [-0.2, 0) is 12.8 Å². The van der Waals surface area contributed by atoms with E-state index in [-0.39, 0.29) is 18.4 Å². The van der Waals surface area contributed by atoms with Crippen molar-refractivity contribution in [2.75, 3.05) is 5.48 Å². The summed E-state index contributed by atoms with van der Waals surface area (Å²) in [4.78, 5) is 4.33. The minimum atomic E-state index is -4.39. The number of benzene rings is 2. The van der Waals surface area contributed by atoms with Gasteiger partial charge in [0.15, 0.2) is 0 Å². The smallest absolute Gasteiger partial charge is 0.416 e. The van der Waals surface area contributed by atoms with Crippen LogP contribution in [0.4, 0.5) is 19.1 Å². The van der Waals surface area contributed by atoms with Gasteiger partial charge in [-0.2, -0.15) is 13.2 Å². The maximum Gasteiger partial charge on any atom is 0.416 e. The Morgan fingerprint density at radius 2 is 1.83 bits per heavy atom. The summed E-state index contributed by atoms with van der Waals surface area (Å²) in [6, 6.07) is 11.4. The third-order valence-corrected chi connectivity index (χ3v) is 4.33. The van der Waals surface area contributed by atoms with E-state index in [0.717, 1.165) is 17.5 Å². The zero-order valence-corrected chi connectivity index (χ0v) is 15.1. The summed E-state index contributed by atoms with van der Waals surface area (Å²) in [7, 11) is 0. The van der Waals surface area contributed by atoms with Crippen LogP contribution in [0.3, 0.4) is 0 Å². The average Bonchev–Trinajstić information content (AvgIpc) is 3.28. The van der Waals surface area contributed by atoms with Crippen molar-refractivity contribution in [2.24, 2.45) is 0 Å². The lowest BCUT2D eigenvalue weighted by Crippen LogP contribution is -2.04. The molecule has 4 rings (SSSR count). The summed E-state index contributed by atoms with van der Waals surface area (Å²) < 4.78 is 54.7. The van der Waals surface area contributed by atoms with E-state index < -0.39 is 11.7 Å². The van der Waals surface area contributed by atoms with Gasteiger partial charge in [0.1, 0.15) is 29.4 Å². The number of aromatic nitrogens is 1. The number of aryl methyl sites for hydroxylation is 1. The van der Waals surface area contributed by atoms with Crippen LogP contribution in [0.25, 0.3) is 22.4 Å². The minimum absolute atomic E-state index is 0.116. The lowest BCUT2D eigenvalue weighted by atomic mass is 10.1. The lowest BCUT2D eigenvalue weighted by molar-refractivity contribution is -0.137. The molecule has 2 heterocycles. The van der Waals surface area contributed by atoms with Gasteiger partial charge in [-0.1, -0.05) is 0 Å². The predicted molar refractivity (Wildman–Crippen MR) is 97.6 cm³/mol. The number of oxazole rings is 1. The molecule has 6 nitrogen and oxygen atoms in total. The zero-order chi connectivity index (χ0) is 20.6. The molecule has 150 valence electrons. The standard InChI is InChI=1S/C20H15F3N2O4/c1-11-16(10-27-15-6-7-17-13(8-15)9-18(25-26)29-17)24-19(28-11)12-2-4-14(5-3-12)20(21,22)23/h2-9,25-26H,10H2,1H3. The predicted octanol–water partition coefficient (Wildman–Crippen LogP) is 5.80. The fourth-order valence-electron chi connectivity index (χ4n) is 2.81. The van der Waals surface area contributed by atoms with Crippen LogP contribution >= 0.6 is 0 Å². The molecular formula is C20H15F3N2O4. The van der Waals surface area contributed by atoms with Gasteiger partial charge >= 0.3 is 6.18 Å². The number of fused-ring (bicyclic) bond motifs is 1. The Balaban J connectivity index is 1.49. The number of nitrogens with zero attached hydrogens (tertiary/aromatic N) is 1. The van der Waals surface area contributed by atoms with Crippen LogP contribution in [0.5, 0.6) is 5.75 Å². The molecule has 0 unspecified atom stereocenters. The van der Waals surface area contributed by atoms with Crippen molar-refractivity contribution < 1.29 is 31.9 Å². The molecular weight excluding hydrogens is 389 g/mol. The molecule has 2 aromatic carbocycles. The van der Waals surface area contributed by atoms with Gasteiger partial charge in [-0.25, -0.2) is 10.5 Å². The molecule has 0 atom stereocenters. The van der Waals surface area contributed by atoms with Gasteiger partial charge < -0.3 is 13.6 Å². The number of hydrogen-bond donors (Lipinski definition) is 2. The number of halogens is 3. The number of ether oxygens (including phenoxy) is 1. The van der Waals surface area contributed by atoms with Crippen molar-refractivity contribution in [3.05, 3.63) is 65.5 Å². The number of hydrogen-bond acceptors (Lipinski definition) is 6. The summed E-state index contributed by atoms with van der Waals surface area (Å²) in [6.45, 7) is 1.82. The normalized spacial score (nSPS) is 11.8. The van der Waals surface area contributed by atoms with E-state index in [4.69, 9.17) is 18.8 Å². The van der Waals surface area contributed by atoms with Gasteiger partial charge in [0, 0.05) is 17.0 Å². The van der Waals surface area contributed by atoms with Crippen LogP contribution < -0.4 is 10.2 Å². The van der Waals surface area contributed by atoms with Crippen molar-refractivity contribution in [1.29, 1.82) is 0 Å². The largest absolute Gasteiger partial charge is 0.487 e. The topological polar surface area (TPSA) is 80.7 Å². The first-order chi connectivity index (χ1) is 13.8. The first-order valence-corrected chi connectivity index (χ1v) is 8.54. The van der Waals surface area contributed by atoms with Crippen molar-refractivity contribution in [3.8, 4) is 17.2 Å². The van der Waals surface area contributed by atoms with Crippen molar-refractivity contribution >= 4 is 16.9 Å². The van der Waals surface area contributed by atoms with Crippen LogP contribution in [0.15, 0.2) is 57.4 Å². The highest BCUT2D eigenvalue weighted by Gasteiger charge is 2.30. The molecule has 29 heavy (non-hydrogen) atoms. The second-order valence-corrected chi connectivity index (χ2v) is 6.31. The fourth-order valence-corrected chi connectivity index (χ4v) is 2.81. The van der Waals surface area contributed by atoms with E-state index in [2.05, 4.69) is 4.98 Å². The Morgan fingerprint density at radius 3 is 2.52 bits per heavy atom. The second-order valence-electron chi connectivity index (χ2n) is 6.31. The fraction of sp³-hybridized carbons (Fsp3) is 0.150. The molecule has 0 radical (unpaired) electrons. The van der Waals surface area contributed by atoms with Gasteiger partial charge in [0.2, 0.25) is 11.8 Å². The molecule has 0 saturated carbocycles. The molecule has 0 spiro atoms. The summed E-state index contributed by atoms with van der Waals surface area (Å²) in [5, 5.41) is 9.63. The molecule has 0 fully saturated rings. The Kier molecular flexibility index (Phi) is 4.67. The number of rotatable bonds is 5. The highest BCUT2D eigenvalue weighted by Crippen LogP contribution is 2.31. The number of anilines is 1. The van der Waals surface area contributed by atoms with Gasteiger partial charge in [-0.15, -0.1) is 0 Å². The third-order valence-electron chi connectivity index (χ3n) is 4.33. The highest BCUT2D eigenvalue weighted by molar-refractivity contribution is 5.82. The van der Waals surface area contributed by atoms with E-state index in [9.17, 15) is 13.2 Å². The molecule has 0 saturated heterocycles. The van der Waals surface area contributed by atoms with Crippen LogP contribution in [0.1, 0.15) is 17.0 Å². The molecule has 0 bridgehead atoms. The number of nitrogens with one attached hydrogen (secondary N) is 1. The summed E-state index contributed by atoms with van der Waals surface area (Å²) in [5.74, 6) is 1.50. The molecule has 2 aromatic heterocycles. The lowest BCUT2D eigenvalue weighted by Gasteiger charge is -2.06. The Hall–Kier alpha value is -3.46. The monoisotopic (exact) mass is 404 g/mol. The highest BCUT2D eigenvalue weighted by atomic mass is 19.4. The number of furan rings is 1. The molecule has 9 heteroatoms. The third kappa shape index (κ3) is 3.90. The second kappa shape index (κ2) is 7.17. The maximum absolute atomic E-state index is 12.7. The zero-order valence-electron chi connectivity index (χ0n) is 15.1. The van der Waals surface area contributed by atoms with Crippen LogP contribution in [0, 0.1) is 6.92 Å². The maximum atomic E-state index is 12.7. The van der Waals surface area contributed by atoms with E-state index >= 15 is 0 Å². The average molecular weight is 404 g/mol. The van der Waals surface area contributed by atoms with Crippen LogP contribution in [-0.4, -0.2) is 10.2 Å². The van der Waals surface area contributed by atoms with E-state index in [1.165, 1.54) is 12.1 Å². The Morgan fingerprint density at radius 1 is 1.07 bits per heavy atom. The molecule has 2 N–H and O–H groups in total. The Bertz CT molecular complexity index is 1150. The van der Waals surface area contributed by atoms with Gasteiger partial charge in [0.05, 0.1) is 5.56 Å². The van der Waals surface area contributed by atoms with Crippen molar-refractivity contribution in [1.82, 2.24) is 4.98 Å². The quantitative estimate of drug-likeness (QED) is 0.410. The van der Waals surface area contributed by atoms with Gasteiger partial charge in [-0.05, 0) is 49.4 Å². The summed E-state index contributed by atoms with van der Waals surface area (Å²) >= 11 is 0. The van der Waals surface area contributed by atoms with Gasteiger partial charge in [-0.3, -0.25) is 5.21 Å². The first-order valence-electron chi connectivity index (χ1n) is 8.54. The molecule has 0 aliphatic rings. The van der Waals surface area contributed by atoms with E-state index in [1.807, 2.05) is 5.48 Å². The minimum Gasteiger partial charge on any atom is -0.487 e. The van der Waals surface area contributed by atoms with Crippen molar-refractivity contribution in [3.63, 3.8) is 0 Å². The van der Waals surface area contributed by atoms with Crippen LogP contribution in [0.2, 0.25) is 0 Å². The molecule has 0 aliphatic carbocycles. The van der Waals surface area contributed by atoms with E-state index in [1.54, 1.807) is 31.2 Å². The Labute approximate surface area is 162 Å². The summed E-state index contributed by atoms with van der Waals surface area (Å²) in [5.41, 5.74) is 2.76. The molecule has 4 aromatic rings. The molecule has 0 aliphatic heterocycles. The van der Waals surface area contributed by atoms with E-state index in [0.29, 0.717) is 28.4 Å². The molecule has 0 amide bonds. The first kappa shape index (κ1) is 18.9. The van der Waals surface area contributed by atoms with Gasteiger partial charge in [0.25, 0.3) is 0 Å². The summed E-state index contributed by atoms with van der Waals surface area (Å²) in [6.07, 6.45) is -4.39. The number of alkyl halides is 3. The van der Waals surface area contributed by atoms with Crippen molar-refractivity contribution in [2.45, 2.75) is 19.7 Å². The SMILES string of the molecule is Cc1oc(-c2ccc(C(F)(F)F)cc2)nc1COc1ccc2oc(NO)cc2c1.